The van der Waals surface area contributed by atoms with E-state index in [1.165, 1.54) is 17.8 Å². The first-order chi connectivity index (χ1) is 9.56. The number of nitrogen functional groups attached to an aromatic ring is 1. The first kappa shape index (κ1) is 14.3. The van der Waals surface area contributed by atoms with Crippen molar-refractivity contribution in [2.75, 3.05) is 17.6 Å². The van der Waals surface area contributed by atoms with E-state index in [4.69, 9.17) is 5.73 Å². The number of hydrogen-bond donors (Lipinski definition) is 3. The van der Waals surface area contributed by atoms with Crippen LogP contribution in [0.1, 0.15) is 19.2 Å². The van der Waals surface area contributed by atoms with Gasteiger partial charge in [0.25, 0.3) is 5.56 Å². The maximum atomic E-state index is 11.3. The van der Waals surface area contributed by atoms with Gasteiger partial charge in [-0.25, -0.2) is 15.0 Å². The molecule has 4 N–H and O–H groups in total. The Hall–Kier alpha value is -2.09. The van der Waals surface area contributed by atoms with Gasteiger partial charge in [-0.3, -0.25) is 4.79 Å². The fourth-order valence-electron chi connectivity index (χ4n) is 1.54. The molecule has 0 aliphatic heterocycles. The van der Waals surface area contributed by atoms with Crippen LogP contribution in [0.3, 0.4) is 0 Å². The summed E-state index contributed by atoms with van der Waals surface area (Å²) in [5.74, 6) is 1.60. The Kier molecular flexibility index (Phi) is 4.57. The zero-order chi connectivity index (χ0) is 14.5. The molecule has 0 radical (unpaired) electrons. The van der Waals surface area contributed by atoms with E-state index in [0.29, 0.717) is 16.0 Å². The molecule has 0 amide bonds. The second-order valence-electron chi connectivity index (χ2n) is 4.14. The zero-order valence-corrected chi connectivity index (χ0v) is 12.1. The van der Waals surface area contributed by atoms with Crippen LogP contribution in [0.4, 0.5) is 11.6 Å². The van der Waals surface area contributed by atoms with E-state index >= 15 is 0 Å². The standard InChI is InChI=1S/C12H16N6OS/c1-3-4-14-9-6-11(16-7(2)15-9)20-12-17-8(13)5-10(19)18-12/h5-6H,3-4H2,1-2H3,(H,14,15,16)(H3,13,17,18,19). The molecule has 106 valence electrons. The average Bonchev–Trinajstić information content (AvgIpc) is 2.34. The molecule has 0 fully saturated rings. The Morgan fingerprint density at radius 3 is 2.85 bits per heavy atom. The van der Waals surface area contributed by atoms with Gasteiger partial charge in [0.1, 0.15) is 22.5 Å². The van der Waals surface area contributed by atoms with E-state index in [2.05, 4.69) is 32.2 Å². The summed E-state index contributed by atoms with van der Waals surface area (Å²) in [7, 11) is 0. The molecule has 2 rings (SSSR count). The Labute approximate surface area is 120 Å². The zero-order valence-electron chi connectivity index (χ0n) is 11.3. The number of H-pyrrole nitrogens is 1. The fraction of sp³-hybridized carbons (Fsp3) is 0.333. The number of hydrogen-bond acceptors (Lipinski definition) is 7. The molecular weight excluding hydrogens is 276 g/mol. The molecule has 0 aliphatic carbocycles. The minimum absolute atomic E-state index is 0.186. The first-order valence-corrected chi connectivity index (χ1v) is 7.02. The Balaban J connectivity index is 2.23. The van der Waals surface area contributed by atoms with Crippen LogP contribution in [-0.4, -0.2) is 26.5 Å². The lowest BCUT2D eigenvalue weighted by molar-refractivity contribution is 0.913. The average molecular weight is 292 g/mol. The van der Waals surface area contributed by atoms with Crippen molar-refractivity contribution in [1.29, 1.82) is 0 Å². The number of aromatic nitrogens is 4. The lowest BCUT2D eigenvalue weighted by Gasteiger charge is -2.07. The van der Waals surface area contributed by atoms with Crippen LogP contribution < -0.4 is 16.6 Å². The van der Waals surface area contributed by atoms with Crippen molar-refractivity contribution in [2.24, 2.45) is 0 Å². The van der Waals surface area contributed by atoms with Gasteiger partial charge in [0, 0.05) is 18.7 Å². The highest BCUT2D eigenvalue weighted by Gasteiger charge is 2.06. The summed E-state index contributed by atoms with van der Waals surface area (Å²) in [5, 5.41) is 4.31. The van der Waals surface area contributed by atoms with Gasteiger partial charge in [-0.2, -0.15) is 0 Å². The van der Waals surface area contributed by atoms with Crippen LogP contribution in [0.5, 0.6) is 0 Å². The summed E-state index contributed by atoms with van der Waals surface area (Å²) in [6.07, 6.45) is 1.01. The molecule has 8 heteroatoms. The SMILES string of the molecule is CCCNc1cc(Sc2nc(N)cc(=O)[nH]2)nc(C)n1. The van der Waals surface area contributed by atoms with E-state index in [1.54, 1.807) is 0 Å². The molecule has 0 aromatic carbocycles. The third kappa shape index (κ3) is 3.95. The number of aromatic amines is 1. The Bertz CT molecular complexity index is 657. The maximum absolute atomic E-state index is 11.3. The predicted molar refractivity (Wildman–Crippen MR) is 78.9 cm³/mol. The van der Waals surface area contributed by atoms with Crippen LogP contribution in [0.2, 0.25) is 0 Å². The summed E-state index contributed by atoms with van der Waals surface area (Å²) in [6, 6.07) is 3.06. The van der Waals surface area contributed by atoms with Gasteiger partial charge < -0.3 is 16.0 Å². The molecular formula is C12H16N6OS. The highest BCUT2D eigenvalue weighted by Crippen LogP contribution is 2.24. The normalized spacial score (nSPS) is 10.5. The van der Waals surface area contributed by atoms with Crippen LogP contribution >= 0.6 is 11.8 Å². The molecule has 0 saturated heterocycles. The van der Waals surface area contributed by atoms with Gasteiger partial charge in [-0.15, -0.1) is 0 Å². The van der Waals surface area contributed by atoms with E-state index in [9.17, 15) is 4.79 Å². The van der Waals surface area contributed by atoms with Crippen LogP contribution in [0.15, 0.2) is 27.1 Å². The summed E-state index contributed by atoms with van der Waals surface area (Å²) >= 11 is 1.24. The van der Waals surface area contributed by atoms with E-state index in [-0.39, 0.29) is 11.4 Å². The van der Waals surface area contributed by atoms with Gasteiger partial charge >= 0.3 is 0 Å². The van der Waals surface area contributed by atoms with Gasteiger partial charge in [-0.05, 0) is 25.1 Å². The quantitative estimate of drug-likeness (QED) is 0.564. The maximum Gasteiger partial charge on any atom is 0.253 e. The molecule has 2 aromatic rings. The van der Waals surface area contributed by atoms with Gasteiger partial charge in [0.05, 0.1) is 0 Å². The number of nitrogens with one attached hydrogen (secondary N) is 2. The molecule has 2 heterocycles. The van der Waals surface area contributed by atoms with Crippen LogP contribution in [-0.2, 0) is 0 Å². The molecule has 0 aliphatic rings. The van der Waals surface area contributed by atoms with Crippen LogP contribution in [0, 0.1) is 6.92 Å². The summed E-state index contributed by atoms with van der Waals surface area (Å²) < 4.78 is 0. The van der Waals surface area contributed by atoms with Crippen molar-refractivity contribution in [1.82, 2.24) is 19.9 Å². The van der Waals surface area contributed by atoms with E-state index < -0.39 is 0 Å². The topological polar surface area (TPSA) is 110 Å². The van der Waals surface area contributed by atoms with Crippen molar-refractivity contribution < 1.29 is 0 Å². The summed E-state index contributed by atoms with van der Waals surface area (Å²) in [4.78, 5) is 26.6. The van der Waals surface area contributed by atoms with Crippen molar-refractivity contribution in [3.05, 3.63) is 28.3 Å². The molecule has 7 nitrogen and oxygen atoms in total. The van der Waals surface area contributed by atoms with Gasteiger partial charge in [0.15, 0.2) is 5.16 Å². The number of aryl methyl sites for hydroxylation is 1. The second-order valence-corrected chi connectivity index (χ2v) is 5.15. The molecule has 0 atom stereocenters. The van der Waals surface area contributed by atoms with Crippen LogP contribution in [0.25, 0.3) is 0 Å². The van der Waals surface area contributed by atoms with E-state index in [1.807, 2.05) is 13.0 Å². The van der Waals surface area contributed by atoms with Gasteiger partial charge in [-0.1, -0.05) is 6.92 Å². The largest absolute Gasteiger partial charge is 0.383 e. The minimum Gasteiger partial charge on any atom is -0.383 e. The number of rotatable bonds is 5. The third-order valence-electron chi connectivity index (χ3n) is 2.31. The third-order valence-corrected chi connectivity index (χ3v) is 3.12. The highest BCUT2D eigenvalue weighted by atomic mass is 32.2. The lowest BCUT2D eigenvalue weighted by Crippen LogP contribution is -2.09. The summed E-state index contributed by atoms with van der Waals surface area (Å²) in [5.41, 5.74) is 5.27. The predicted octanol–water partition coefficient (Wildman–Crippen LogP) is 1.42. The highest BCUT2D eigenvalue weighted by molar-refractivity contribution is 7.99. The molecule has 20 heavy (non-hydrogen) atoms. The molecule has 0 bridgehead atoms. The Morgan fingerprint density at radius 2 is 2.15 bits per heavy atom. The molecule has 0 unspecified atom stereocenters. The van der Waals surface area contributed by atoms with E-state index in [0.717, 1.165) is 18.8 Å². The van der Waals surface area contributed by atoms with Crippen molar-refractivity contribution in [2.45, 2.75) is 30.5 Å². The van der Waals surface area contributed by atoms with Gasteiger partial charge in [0.2, 0.25) is 0 Å². The van der Waals surface area contributed by atoms with Crippen molar-refractivity contribution >= 4 is 23.4 Å². The summed E-state index contributed by atoms with van der Waals surface area (Å²) in [6.45, 7) is 4.74. The molecule has 0 spiro atoms. The number of nitrogens with zero attached hydrogens (tertiary/aromatic N) is 3. The lowest BCUT2D eigenvalue weighted by atomic mass is 10.4. The number of anilines is 2. The Morgan fingerprint density at radius 1 is 1.35 bits per heavy atom. The minimum atomic E-state index is -0.282. The van der Waals surface area contributed by atoms with Crippen molar-refractivity contribution in [3.63, 3.8) is 0 Å². The smallest absolute Gasteiger partial charge is 0.253 e. The first-order valence-electron chi connectivity index (χ1n) is 6.21. The monoisotopic (exact) mass is 292 g/mol. The fourth-order valence-corrected chi connectivity index (χ4v) is 2.39. The van der Waals surface area contributed by atoms with Crippen molar-refractivity contribution in [3.8, 4) is 0 Å². The molecule has 0 saturated carbocycles. The molecule has 2 aromatic heterocycles. The second kappa shape index (κ2) is 6.38. The number of nitrogens with two attached hydrogens (primary N) is 1.